The summed E-state index contributed by atoms with van der Waals surface area (Å²) in [5, 5.41) is 0. The van der Waals surface area contributed by atoms with Crippen molar-refractivity contribution in [1.29, 1.82) is 0 Å². The van der Waals surface area contributed by atoms with Crippen molar-refractivity contribution in [3.63, 3.8) is 0 Å². The number of halogens is 2. The van der Waals surface area contributed by atoms with Crippen molar-refractivity contribution < 1.29 is 13.9 Å². The summed E-state index contributed by atoms with van der Waals surface area (Å²) in [6.07, 6.45) is 0. The molecule has 0 amide bonds. The van der Waals surface area contributed by atoms with Crippen LogP contribution in [0.3, 0.4) is 0 Å². The number of esters is 1. The maximum atomic E-state index is 13.0. The van der Waals surface area contributed by atoms with E-state index in [1.165, 1.54) is 13.2 Å². The minimum Gasteiger partial charge on any atom is -0.468 e. The minimum absolute atomic E-state index is 0.238. The Labute approximate surface area is 109 Å². The molecule has 0 radical (unpaired) electrons. The van der Waals surface area contributed by atoms with Crippen LogP contribution in [0, 0.1) is 5.82 Å². The fourth-order valence-electron chi connectivity index (χ4n) is 1.42. The Morgan fingerprint density at radius 3 is 2.76 bits per heavy atom. The first kappa shape index (κ1) is 14.1. The smallest absolute Gasteiger partial charge is 0.319 e. The molecular formula is C12H15BrFNO2. The summed E-state index contributed by atoms with van der Waals surface area (Å²) in [4.78, 5) is 13.1. The Morgan fingerprint density at radius 1 is 1.53 bits per heavy atom. The number of nitrogens with zero attached hydrogens (tertiary/aromatic N) is 1. The van der Waals surface area contributed by atoms with Crippen molar-refractivity contribution in [2.45, 2.75) is 13.5 Å². The first-order chi connectivity index (χ1) is 8.06. The van der Waals surface area contributed by atoms with Crippen LogP contribution in [0.5, 0.6) is 0 Å². The molecule has 3 nitrogen and oxygen atoms in total. The summed E-state index contributed by atoms with van der Waals surface area (Å²) < 4.78 is 18.1. The van der Waals surface area contributed by atoms with E-state index in [9.17, 15) is 9.18 Å². The Balaban J connectivity index is 2.67. The van der Waals surface area contributed by atoms with Crippen LogP contribution in [0.25, 0.3) is 0 Å². The van der Waals surface area contributed by atoms with E-state index in [1.807, 2.05) is 11.8 Å². The molecule has 5 heteroatoms. The van der Waals surface area contributed by atoms with Gasteiger partial charge in [-0.25, -0.2) is 4.39 Å². The fraction of sp³-hybridized carbons (Fsp3) is 0.417. The molecule has 0 aliphatic rings. The van der Waals surface area contributed by atoms with Gasteiger partial charge in [-0.3, -0.25) is 9.69 Å². The zero-order chi connectivity index (χ0) is 12.8. The molecule has 0 aromatic heterocycles. The highest BCUT2D eigenvalue weighted by Crippen LogP contribution is 2.17. The molecule has 1 aromatic rings. The van der Waals surface area contributed by atoms with Crippen LogP contribution in [-0.4, -0.2) is 31.1 Å². The Bertz CT molecular complexity index is 398. The molecule has 1 rings (SSSR count). The fourth-order valence-corrected chi connectivity index (χ4v) is 1.85. The van der Waals surface area contributed by atoms with E-state index in [-0.39, 0.29) is 18.3 Å². The standard InChI is InChI=1S/C12H15BrFNO2/c1-3-15(8-12(16)17-2)7-9-4-5-11(14)10(13)6-9/h4-6H,3,7-8H2,1-2H3. The van der Waals surface area contributed by atoms with E-state index >= 15 is 0 Å². The van der Waals surface area contributed by atoms with Gasteiger partial charge in [0.2, 0.25) is 0 Å². The normalized spacial score (nSPS) is 10.6. The quantitative estimate of drug-likeness (QED) is 0.783. The van der Waals surface area contributed by atoms with Crippen LogP contribution in [0.1, 0.15) is 12.5 Å². The van der Waals surface area contributed by atoms with Crippen molar-refractivity contribution in [2.75, 3.05) is 20.2 Å². The lowest BCUT2D eigenvalue weighted by Gasteiger charge is -2.19. The molecule has 0 heterocycles. The monoisotopic (exact) mass is 303 g/mol. The maximum absolute atomic E-state index is 13.0. The lowest BCUT2D eigenvalue weighted by molar-refractivity contribution is -0.142. The van der Waals surface area contributed by atoms with Crippen LogP contribution in [0.15, 0.2) is 22.7 Å². The second-order valence-electron chi connectivity index (χ2n) is 3.63. The van der Waals surface area contributed by atoms with E-state index in [0.29, 0.717) is 11.0 Å². The Morgan fingerprint density at radius 2 is 2.24 bits per heavy atom. The molecule has 0 bridgehead atoms. The summed E-state index contributed by atoms with van der Waals surface area (Å²) in [7, 11) is 1.37. The van der Waals surface area contributed by atoms with E-state index in [0.717, 1.165) is 12.1 Å². The van der Waals surface area contributed by atoms with Crippen LogP contribution in [0.2, 0.25) is 0 Å². The second-order valence-corrected chi connectivity index (χ2v) is 4.48. The highest BCUT2D eigenvalue weighted by Gasteiger charge is 2.10. The van der Waals surface area contributed by atoms with Crippen LogP contribution in [0.4, 0.5) is 4.39 Å². The summed E-state index contributed by atoms with van der Waals surface area (Å²) >= 11 is 3.14. The van der Waals surface area contributed by atoms with Gasteiger partial charge in [-0.15, -0.1) is 0 Å². The SMILES string of the molecule is CCN(CC(=O)OC)Cc1ccc(F)c(Br)c1. The first-order valence-electron chi connectivity index (χ1n) is 5.30. The van der Waals surface area contributed by atoms with E-state index in [4.69, 9.17) is 0 Å². The van der Waals surface area contributed by atoms with Gasteiger partial charge in [0.1, 0.15) is 5.82 Å². The number of carbonyl (C=O) groups excluding carboxylic acids is 1. The summed E-state index contributed by atoms with van der Waals surface area (Å²) in [6, 6.07) is 4.83. The van der Waals surface area contributed by atoms with Crippen molar-refractivity contribution >= 4 is 21.9 Å². The van der Waals surface area contributed by atoms with Gasteiger partial charge in [0.15, 0.2) is 0 Å². The highest BCUT2D eigenvalue weighted by molar-refractivity contribution is 9.10. The number of ether oxygens (including phenoxy) is 1. The van der Waals surface area contributed by atoms with Crippen LogP contribution >= 0.6 is 15.9 Å². The van der Waals surface area contributed by atoms with Gasteiger partial charge in [0, 0.05) is 6.54 Å². The number of rotatable bonds is 5. The van der Waals surface area contributed by atoms with E-state index in [2.05, 4.69) is 20.7 Å². The molecule has 0 unspecified atom stereocenters. The molecule has 0 fully saturated rings. The number of benzene rings is 1. The number of hydrogen-bond acceptors (Lipinski definition) is 3. The predicted molar refractivity (Wildman–Crippen MR) is 67.1 cm³/mol. The minimum atomic E-state index is -0.287. The molecule has 0 aliphatic heterocycles. The molecule has 0 aliphatic carbocycles. The van der Waals surface area contributed by atoms with Gasteiger partial charge in [-0.2, -0.15) is 0 Å². The molecule has 1 aromatic carbocycles. The third-order valence-corrected chi connectivity index (χ3v) is 3.03. The summed E-state index contributed by atoms with van der Waals surface area (Å²) in [5.41, 5.74) is 0.948. The van der Waals surface area contributed by atoms with Crippen LogP contribution in [-0.2, 0) is 16.1 Å². The third-order valence-electron chi connectivity index (χ3n) is 2.42. The van der Waals surface area contributed by atoms with Gasteiger partial charge in [0.05, 0.1) is 18.1 Å². The van der Waals surface area contributed by atoms with Gasteiger partial charge >= 0.3 is 5.97 Å². The van der Waals surface area contributed by atoms with Crippen molar-refractivity contribution in [3.8, 4) is 0 Å². The van der Waals surface area contributed by atoms with Gasteiger partial charge in [-0.1, -0.05) is 13.0 Å². The van der Waals surface area contributed by atoms with E-state index in [1.54, 1.807) is 12.1 Å². The second kappa shape index (κ2) is 6.71. The molecule has 0 N–H and O–H groups in total. The average molecular weight is 304 g/mol. The number of likely N-dealkylation sites (N-methyl/N-ethyl adjacent to an activating group) is 1. The van der Waals surface area contributed by atoms with Crippen molar-refractivity contribution in [2.24, 2.45) is 0 Å². The number of methoxy groups -OCH3 is 1. The Hall–Kier alpha value is -0.940. The average Bonchev–Trinajstić information content (AvgIpc) is 2.32. The number of carbonyl (C=O) groups is 1. The largest absolute Gasteiger partial charge is 0.468 e. The summed E-state index contributed by atoms with van der Waals surface area (Å²) in [5.74, 6) is -0.558. The summed E-state index contributed by atoms with van der Waals surface area (Å²) in [6.45, 7) is 3.51. The number of hydrogen-bond donors (Lipinski definition) is 0. The predicted octanol–water partition coefficient (Wildman–Crippen LogP) is 2.58. The lowest BCUT2D eigenvalue weighted by atomic mass is 10.2. The molecular weight excluding hydrogens is 289 g/mol. The molecule has 0 saturated heterocycles. The zero-order valence-corrected chi connectivity index (χ0v) is 11.5. The van der Waals surface area contributed by atoms with Crippen molar-refractivity contribution in [1.82, 2.24) is 4.90 Å². The topological polar surface area (TPSA) is 29.5 Å². The molecule has 0 saturated carbocycles. The molecule has 94 valence electrons. The highest BCUT2D eigenvalue weighted by atomic mass is 79.9. The maximum Gasteiger partial charge on any atom is 0.319 e. The molecule has 17 heavy (non-hydrogen) atoms. The molecule has 0 atom stereocenters. The van der Waals surface area contributed by atoms with E-state index < -0.39 is 0 Å². The van der Waals surface area contributed by atoms with Crippen LogP contribution < -0.4 is 0 Å². The van der Waals surface area contributed by atoms with Gasteiger partial charge in [0.25, 0.3) is 0 Å². The first-order valence-corrected chi connectivity index (χ1v) is 6.09. The van der Waals surface area contributed by atoms with Gasteiger partial charge < -0.3 is 4.74 Å². The zero-order valence-electron chi connectivity index (χ0n) is 9.87. The van der Waals surface area contributed by atoms with Gasteiger partial charge in [-0.05, 0) is 40.2 Å². The Kier molecular flexibility index (Phi) is 5.58. The molecule has 0 spiro atoms. The third kappa shape index (κ3) is 4.44. The lowest BCUT2D eigenvalue weighted by Crippen LogP contribution is -2.29. The van der Waals surface area contributed by atoms with Crippen molar-refractivity contribution in [3.05, 3.63) is 34.1 Å².